The highest BCUT2D eigenvalue weighted by Gasteiger charge is 2.28. The van der Waals surface area contributed by atoms with E-state index in [1.165, 1.54) is 5.56 Å². The van der Waals surface area contributed by atoms with E-state index in [4.69, 9.17) is 14.5 Å². The minimum atomic E-state index is 0.259. The third-order valence-corrected chi connectivity index (χ3v) is 4.67. The molecule has 6 nitrogen and oxygen atoms in total. The van der Waals surface area contributed by atoms with Gasteiger partial charge in [-0.25, -0.2) is 9.97 Å². The molecule has 0 spiro atoms. The van der Waals surface area contributed by atoms with E-state index in [-0.39, 0.29) is 6.04 Å². The number of methoxy groups -OCH3 is 2. The van der Waals surface area contributed by atoms with Crippen LogP contribution in [0.1, 0.15) is 36.0 Å². The van der Waals surface area contributed by atoms with Gasteiger partial charge >= 0.3 is 0 Å². The average Bonchev–Trinajstić information content (AvgIpc) is 3.09. The molecule has 1 atom stereocenters. The number of benzene rings is 1. The van der Waals surface area contributed by atoms with E-state index in [9.17, 15) is 0 Å². The van der Waals surface area contributed by atoms with Crippen molar-refractivity contribution in [3.8, 4) is 11.5 Å². The summed E-state index contributed by atoms with van der Waals surface area (Å²) in [5.74, 6) is 2.57. The van der Waals surface area contributed by atoms with Crippen LogP contribution in [-0.4, -0.2) is 54.6 Å². The smallest absolute Gasteiger partial charge is 0.145 e. The molecule has 0 unspecified atom stereocenters. The van der Waals surface area contributed by atoms with Gasteiger partial charge in [0.1, 0.15) is 17.3 Å². The van der Waals surface area contributed by atoms with E-state index in [2.05, 4.69) is 41.0 Å². The summed E-state index contributed by atoms with van der Waals surface area (Å²) >= 11 is 0. The van der Waals surface area contributed by atoms with Crippen LogP contribution in [0.4, 0.5) is 0 Å². The van der Waals surface area contributed by atoms with Crippen molar-refractivity contribution in [3.05, 3.63) is 47.5 Å². The molecule has 0 amide bonds. The van der Waals surface area contributed by atoms with Crippen LogP contribution < -0.4 is 9.47 Å². The first kappa shape index (κ1) is 18.6. The highest BCUT2D eigenvalue weighted by molar-refractivity contribution is 5.38. The molecule has 1 aromatic carbocycles. The molecule has 0 aliphatic carbocycles. The standard InChI is InChI=1S/C20H28N4O2/c1-23(2)14-16-7-8-21-20(22-16)19-6-5-9-24(19)13-15-10-17(25-3)12-18(11-15)26-4/h7-8,10-12,19H,5-6,9,13-14H2,1-4H3/t19-/m0/s1. The molecule has 1 fully saturated rings. The molecule has 1 aliphatic heterocycles. The van der Waals surface area contributed by atoms with Crippen LogP contribution in [0.5, 0.6) is 11.5 Å². The van der Waals surface area contributed by atoms with E-state index in [1.54, 1.807) is 14.2 Å². The SMILES string of the molecule is COc1cc(CN2CCC[C@H]2c2nccc(CN(C)C)n2)cc(OC)c1. The molecule has 140 valence electrons. The van der Waals surface area contributed by atoms with Crippen molar-refractivity contribution in [2.24, 2.45) is 0 Å². The normalized spacial score (nSPS) is 17.7. The van der Waals surface area contributed by atoms with Crippen molar-refractivity contribution in [1.29, 1.82) is 0 Å². The summed E-state index contributed by atoms with van der Waals surface area (Å²) in [7, 11) is 7.47. The second-order valence-electron chi connectivity index (χ2n) is 6.99. The molecular weight excluding hydrogens is 328 g/mol. The lowest BCUT2D eigenvalue weighted by molar-refractivity contribution is 0.238. The summed E-state index contributed by atoms with van der Waals surface area (Å²) in [5.41, 5.74) is 2.24. The number of rotatable bonds is 7. The molecule has 26 heavy (non-hydrogen) atoms. The molecule has 6 heteroatoms. The maximum atomic E-state index is 5.40. The van der Waals surface area contributed by atoms with Gasteiger partial charge in [-0.2, -0.15) is 0 Å². The van der Waals surface area contributed by atoms with Gasteiger partial charge in [0.05, 0.1) is 26.0 Å². The van der Waals surface area contributed by atoms with Gasteiger partial charge in [0, 0.05) is 25.4 Å². The van der Waals surface area contributed by atoms with Crippen LogP contribution in [0.2, 0.25) is 0 Å². The molecule has 3 rings (SSSR count). The second-order valence-corrected chi connectivity index (χ2v) is 6.99. The van der Waals surface area contributed by atoms with E-state index >= 15 is 0 Å². The lowest BCUT2D eigenvalue weighted by Gasteiger charge is -2.24. The molecular formula is C20H28N4O2. The molecule has 0 bridgehead atoms. The number of hydrogen-bond acceptors (Lipinski definition) is 6. The summed E-state index contributed by atoms with van der Waals surface area (Å²) < 4.78 is 10.8. The maximum absolute atomic E-state index is 5.40. The molecule has 2 aromatic rings. The predicted molar refractivity (Wildman–Crippen MR) is 101 cm³/mol. The van der Waals surface area contributed by atoms with Crippen molar-refractivity contribution in [1.82, 2.24) is 19.8 Å². The average molecular weight is 356 g/mol. The number of hydrogen-bond donors (Lipinski definition) is 0. The summed E-state index contributed by atoms with van der Waals surface area (Å²) in [6.07, 6.45) is 4.13. The first-order chi connectivity index (χ1) is 12.6. The highest BCUT2D eigenvalue weighted by Crippen LogP contribution is 2.32. The zero-order valence-electron chi connectivity index (χ0n) is 16.1. The summed E-state index contributed by atoms with van der Waals surface area (Å²) in [6, 6.07) is 8.30. The largest absolute Gasteiger partial charge is 0.497 e. The Balaban J connectivity index is 1.78. The van der Waals surface area contributed by atoms with Gasteiger partial charge < -0.3 is 14.4 Å². The molecule has 1 aliphatic rings. The first-order valence-electron chi connectivity index (χ1n) is 9.01. The minimum absolute atomic E-state index is 0.259. The Hall–Kier alpha value is -2.18. The molecule has 0 radical (unpaired) electrons. The van der Waals surface area contributed by atoms with E-state index in [0.717, 1.165) is 55.5 Å². The summed E-state index contributed by atoms with van der Waals surface area (Å²) in [5, 5.41) is 0. The van der Waals surface area contributed by atoms with Crippen LogP contribution in [0.3, 0.4) is 0 Å². The number of ether oxygens (including phenoxy) is 2. The Morgan fingerprint density at radius 3 is 2.54 bits per heavy atom. The van der Waals surface area contributed by atoms with Crippen LogP contribution in [0.25, 0.3) is 0 Å². The van der Waals surface area contributed by atoms with Crippen LogP contribution in [-0.2, 0) is 13.1 Å². The molecule has 2 heterocycles. The predicted octanol–water partition coefficient (Wildman–Crippen LogP) is 2.89. The van der Waals surface area contributed by atoms with Gasteiger partial charge in [0.25, 0.3) is 0 Å². The van der Waals surface area contributed by atoms with E-state index < -0.39 is 0 Å². The fraction of sp³-hybridized carbons (Fsp3) is 0.500. The van der Waals surface area contributed by atoms with Gasteiger partial charge in [-0.15, -0.1) is 0 Å². The molecule has 0 saturated carbocycles. The first-order valence-corrected chi connectivity index (χ1v) is 9.01. The Kier molecular flexibility index (Phi) is 6.06. The third-order valence-electron chi connectivity index (χ3n) is 4.67. The fourth-order valence-corrected chi connectivity index (χ4v) is 3.49. The quantitative estimate of drug-likeness (QED) is 0.760. The Bertz CT molecular complexity index is 713. The van der Waals surface area contributed by atoms with Gasteiger partial charge in [-0.3, -0.25) is 4.90 Å². The fourth-order valence-electron chi connectivity index (χ4n) is 3.49. The Morgan fingerprint density at radius 1 is 1.15 bits per heavy atom. The van der Waals surface area contributed by atoms with Crippen LogP contribution in [0, 0.1) is 0 Å². The van der Waals surface area contributed by atoms with Gasteiger partial charge in [-0.05, 0) is 57.2 Å². The minimum Gasteiger partial charge on any atom is -0.497 e. The van der Waals surface area contributed by atoms with Gasteiger partial charge in [-0.1, -0.05) is 0 Å². The summed E-state index contributed by atoms with van der Waals surface area (Å²) in [4.78, 5) is 14.0. The van der Waals surface area contributed by atoms with Gasteiger partial charge in [0.15, 0.2) is 0 Å². The van der Waals surface area contributed by atoms with Crippen LogP contribution in [0.15, 0.2) is 30.5 Å². The monoisotopic (exact) mass is 356 g/mol. The Morgan fingerprint density at radius 2 is 1.88 bits per heavy atom. The number of nitrogens with zero attached hydrogens (tertiary/aromatic N) is 4. The number of likely N-dealkylation sites (tertiary alicyclic amines) is 1. The van der Waals surface area contributed by atoms with Gasteiger partial charge in [0.2, 0.25) is 0 Å². The highest BCUT2D eigenvalue weighted by atomic mass is 16.5. The van der Waals surface area contributed by atoms with Crippen molar-refractivity contribution in [3.63, 3.8) is 0 Å². The zero-order valence-corrected chi connectivity index (χ0v) is 16.1. The lowest BCUT2D eigenvalue weighted by atomic mass is 10.1. The van der Waals surface area contributed by atoms with E-state index in [0.29, 0.717) is 0 Å². The van der Waals surface area contributed by atoms with Crippen molar-refractivity contribution in [2.45, 2.75) is 32.0 Å². The number of aromatic nitrogens is 2. The molecule has 0 N–H and O–H groups in total. The second kappa shape index (κ2) is 8.47. The third kappa shape index (κ3) is 4.51. The van der Waals surface area contributed by atoms with Crippen molar-refractivity contribution >= 4 is 0 Å². The zero-order chi connectivity index (χ0) is 18.5. The van der Waals surface area contributed by atoms with E-state index in [1.807, 2.05) is 18.3 Å². The van der Waals surface area contributed by atoms with Crippen molar-refractivity contribution in [2.75, 3.05) is 34.9 Å². The molecule has 1 saturated heterocycles. The molecule has 1 aromatic heterocycles. The Labute approximate surface area is 155 Å². The van der Waals surface area contributed by atoms with Crippen molar-refractivity contribution < 1.29 is 9.47 Å². The topological polar surface area (TPSA) is 50.7 Å². The van der Waals surface area contributed by atoms with Crippen LogP contribution >= 0.6 is 0 Å². The summed E-state index contributed by atoms with van der Waals surface area (Å²) in [6.45, 7) is 2.71. The lowest BCUT2D eigenvalue weighted by Crippen LogP contribution is -2.25. The maximum Gasteiger partial charge on any atom is 0.145 e.